The van der Waals surface area contributed by atoms with Crippen LogP contribution in [0.1, 0.15) is 29.2 Å². The molecule has 5 nitrogen and oxygen atoms in total. The van der Waals surface area contributed by atoms with E-state index in [0.29, 0.717) is 29.7 Å². The molecule has 4 rings (SSSR count). The molecule has 25 heavy (non-hydrogen) atoms. The Morgan fingerprint density at radius 3 is 2.96 bits per heavy atom. The standard InChI is InChI=1S/C19H20FN3O2/c1-12-21-8-7-17(22-12)19(24)23-10-13-5-6-18(16(13)11-23)25-15-4-2-3-14(20)9-15/h2-4,7-9,13,16,18H,5-6,10-11H2,1H3/t13-,16+,18-/m0/s1. The number of fused-ring (bicyclic) bond motifs is 1. The zero-order chi connectivity index (χ0) is 17.4. The molecular weight excluding hydrogens is 321 g/mol. The second-order valence-corrected chi connectivity index (χ2v) is 6.81. The number of halogens is 1. The highest BCUT2D eigenvalue weighted by Crippen LogP contribution is 2.40. The molecule has 0 unspecified atom stereocenters. The third-order valence-corrected chi connectivity index (χ3v) is 5.16. The van der Waals surface area contributed by atoms with Gasteiger partial charge in [0.25, 0.3) is 5.91 Å². The normalized spacial score (nSPS) is 25.0. The van der Waals surface area contributed by atoms with E-state index in [9.17, 15) is 9.18 Å². The number of hydrogen-bond donors (Lipinski definition) is 0. The van der Waals surface area contributed by atoms with E-state index in [1.54, 1.807) is 31.3 Å². The average Bonchev–Trinajstić information content (AvgIpc) is 3.16. The van der Waals surface area contributed by atoms with Crippen LogP contribution < -0.4 is 4.74 Å². The Morgan fingerprint density at radius 2 is 2.16 bits per heavy atom. The summed E-state index contributed by atoms with van der Waals surface area (Å²) in [5, 5.41) is 0. The average molecular weight is 341 g/mol. The fourth-order valence-corrected chi connectivity index (χ4v) is 3.98. The zero-order valence-electron chi connectivity index (χ0n) is 14.1. The SMILES string of the molecule is Cc1nccc(C(=O)N2C[C@@H]3CC[C@H](Oc4cccc(F)c4)[C@@H]3C2)n1. The molecule has 1 aliphatic carbocycles. The zero-order valence-corrected chi connectivity index (χ0v) is 14.1. The number of rotatable bonds is 3. The molecule has 1 saturated heterocycles. The van der Waals surface area contributed by atoms with Crippen LogP contribution in [-0.4, -0.2) is 40.0 Å². The van der Waals surface area contributed by atoms with Gasteiger partial charge in [-0.25, -0.2) is 14.4 Å². The van der Waals surface area contributed by atoms with Crippen LogP contribution in [0.3, 0.4) is 0 Å². The van der Waals surface area contributed by atoms with Gasteiger partial charge in [-0.05, 0) is 43.9 Å². The number of likely N-dealkylation sites (tertiary alicyclic amines) is 1. The minimum absolute atomic E-state index is 0.0248. The van der Waals surface area contributed by atoms with Crippen molar-refractivity contribution in [1.29, 1.82) is 0 Å². The highest BCUT2D eigenvalue weighted by atomic mass is 19.1. The summed E-state index contributed by atoms with van der Waals surface area (Å²) in [4.78, 5) is 22.8. The lowest BCUT2D eigenvalue weighted by molar-refractivity contribution is 0.0756. The first kappa shape index (κ1) is 16.0. The van der Waals surface area contributed by atoms with E-state index in [1.807, 2.05) is 4.90 Å². The summed E-state index contributed by atoms with van der Waals surface area (Å²) < 4.78 is 19.4. The van der Waals surface area contributed by atoms with Gasteiger partial charge in [-0.1, -0.05) is 6.07 Å². The second-order valence-electron chi connectivity index (χ2n) is 6.81. The van der Waals surface area contributed by atoms with Gasteiger partial charge in [0.1, 0.15) is 29.2 Å². The molecule has 2 fully saturated rings. The summed E-state index contributed by atoms with van der Waals surface area (Å²) in [6.45, 7) is 3.17. The van der Waals surface area contributed by atoms with Crippen LogP contribution in [-0.2, 0) is 0 Å². The smallest absolute Gasteiger partial charge is 0.272 e. The number of hydrogen-bond acceptors (Lipinski definition) is 4. The second kappa shape index (κ2) is 6.43. The fraction of sp³-hybridized carbons (Fsp3) is 0.421. The maximum atomic E-state index is 13.4. The molecule has 6 heteroatoms. The van der Waals surface area contributed by atoms with Gasteiger partial charge < -0.3 is 9.64 Å². The largest absolute Gasteiger partial charge is 0.490 e. The lowest BCUT2D eigenvalue weighted by Crippen LogP contribution is -2.33. The lowest BCUT2D eigenvalue weighted by atomic mass is 9.99. The van der Waals surface area contributed by atoms with E-state index >= 15 is 0 Å². The number of ether oxygens (including phenoxy) is 1. The monoisotopic (exact) mass is 341 g/mol. The Labute approximate surface area is 145 Å². The summed E-state index contributed by atoms with van der Waals surface area (Å²) in [7, 11) is 0. The molecule has 2 aliphatic rings. The number of carbonyl (C=O) groups is 1. The van der Waals surface area contributed by atoms with Gasteiger partial charge in [-0.2, -0.15) is 0 Å². The van der Waals surface area contributed by atoms with Gasteiger partial charge in [0.05, 0.1) is 0 Å². The summed E-state index contributed by atoms with van der Waals surface area (Å²) >= 11 is 0. The van der Waals surface area contributed by atoms with Gasteiger partial charge >= 0.3 is 0 Å². The Bertz CT molecular complexity index is 798. The summed E-state index contributed by atoms with van der Waals surface area (Å²) in [6.07, 6.45) is 3.61. The van der Waals surface area contributed by atoms with Gasteiger partial charge in [0, 0.05) is 31.3 Å². The van der Waals surface area contributed by atoms with Gasteiger partial charge in [0.15, 0.2) is 0 Å². The number of carbonyl (C=O) groups excluding carboxylic acids is 1. The Kier molecular flexibility index (Phi) is 4.11. The maximum Gasteiger partial charge on any atom is 0.272 e. The number of aromatic nitrogens is 2. The lowest BCUT2D eigenvalue weighted by Gasteiger charge is -2.22. The molecule has 0 bridgehead atoms. The molecule has 1 aromatic heterocycles. The van der Waals surface area contributed by atoms with Gasteiger partial charge in [0.2, 0.25) is 0 Å². The quantitative estimate of drug-likeness (QED) is 0.861. The molecule has 1 amide bonds. The van der Waals surface area contributed by atoms with Crippen molar-refractivity contribution in [2.45, 2.75) is 25.9 Å². The number of nitrogens with zero attached hydrogens (tertiary/aromatic N) is 3. The highest BCUT2D eigenvalue weighted by Gasteiger charge is 2.45. The van der Waals surface area contributed by atoms with Crippen LogP contribution in [0.4, 0.5) is 4.39 Å². The summed E-state index contributed by atoms with van der Waals surface area (Å²) in [5.41, 5.74) is 0.440. The molecule has 0 N–H and O–H groups in total. The van der Waals surface area contributed by atoms with Gasteiger partial charge in [-0.15, -0.1) is 0 Å². The summed E-state index contributed by atoms with van der Waals surface area (Å²) in [6, 6.07) is 7.90. The molecule has 1 aliphatic heterocycles. The highest BCUT2D eigenvalue weighted by molar-refractivity contribution is 5.92. The Hall–Kier alpha value is -2.50. The molecule has 2 aromatic rings. The topological polar surface area (TPSA) is 55.3 Å². The van der Waals surface area contributed by atoms with Crippen LogP contribution >= 0.6 is 0 Å². The predicted octanol–water partition coefficient (Wildman–Crippen LogP) is 2.85. The van der Waals surface area contributed by atoms with E-state index < -0.39 is 0 Å². The van der Waals surface area contributed by atoms with Crippen LogP contribution in [0.2, 0.25) is 0 Å². The van der Waals surface area contributed by atoms with Crippen molar-refractivity contribution < 1.29 is 13.9 Å². The molecule has 1 saturated carbocycles. The number of amides is 1. The van der Waals surface area contributed by atoms with Crippen LogP contribution in [0.15, 0.2) is 36.5 Å². The maximum absolute atomic E-state index is 13.4. The third-order valence-electron chi connectivity index (χ3n) is 5.16. The molecule has 1 aromatic carbocycles. The number of aryl methyl sites for hydroxylation is 1. The fourth-order valence-electron chi connectivity index (χ4n) is 3.98. The van der Waals surface area contributed by atoms with Crippen molar-refractivity contribution in [3.63, 3.8) is 0 Å². The van der Waals surface area contributed by atoms with E-state index in [4.69, 9.17) is 4.74 Å². The van der Waals surface area contributed by atoms with Crippen molar-refractivity contribution in [3.8, 4) is 5.75 Å². The van der Waals surface area contributed by atoms with Crippen LogP contribution in [0.5, 0.6) is 5.75 Å². The Balaban J connectivity index is 1.45. The number of benzene rings is 1. The molecule has 0 spiro atoms. The molecular formula is C19H20FN3O2. The van der Waals surface area contributed by atoms with E-state index in [1.165, 1.54) is 12.1 Å². The molecule has 130 valence electrons. The predicted molar refractivity (Wildman–Crippen MR) is 89.7 cm³/mol. The first-order valence-corrected chi connectivity index (χ1v) is 8.61. The first-order chi connectivity index (χ1) is 12.1. The minimum atomic E-state index is -0.297. The molecule has 0 radical (unpaired) electrons. The van der Waals surface area contributed by atoms with Crippen molar-refractivity contribution in [1.82, 2.24) is 14.9 Å². The molecule has 2 heterocycles. The van der Waals surface area contributed by atoms with Crippen molar-refractivity contribution >= 4 is 5.91 Å². The van der Waals surface area contributed by atoms with Crippen molar-refractivity contribution in [2.24, 2.45) is 11.8 Å². The van der Waals surface area contributed by atoms with Gasteiger partial charge in [-0.3, -0.25) is 4.79 Å². The van der Waals surface area contributed by atoms with E-state index in [2.05, 4.69) is 9.97 Å². The van der Waals surface area contributed by atoms with E-state index in [-0.39, 0.29) is 23.7 Å². The van der Waals surface area contributed by atoms with Crippen molar-refractivity contribution in [2.75, 3.05) is 13.1 Å². The Morgan fingerprint density at radius 1 is 1.28 bits per heavy atom. The van der Waals surface area contributed by atoms with Crippen LogP contribution in [0.25, 0.3) is 0 Å². The van der Waals surface area contributed by atoms with Crippen molar-refractivity contribution in [3.05, 3.63) is 53.9 Å². The molecule has 3 atom stereocenters. The third kappa shape index (κ3) is 3.21. The first-order valence-electron chi connectivity index (χ1n) is 8.61. The summed E-state index contributed by atoms with van der Waals surface area (Å²) in [5.74, 6) is 1.53. The van der Waals surface area contributed by atoms with E-state index in [0.717, 1.165) is 19.4 Å². The minimum Gasteiger partial charge on any atom is -0.490 e. The van der Waals surface area contributed by atoms with Crippen LogP contribution in [0, 0.1) is 24.6 Å².